The molecule has 0 unspecified atom stereocenters. The predicted molar refractivity (Wildman–Crippen MR) is 149 cm³/mol. The van der Waals surface area contributed by atoms with Crippen molar-refractivity contribution < 1.29 is 14.2 Å². The highest BCUT2D eigenvalue weighted by Gasteiger charge is 2.38. The van der Waals surface area contributed by atoms with Gasteiger partial charge in [0, 0.05) is 5.02 Å². The van der Waals surface area contributed by atoms with Gasteiger partial charge in [-0.15, -0.1) is 5.10 Å². The van der Waals surface area contributed by atoms with Crippen molar-refractivity contribution in [2.45, 2.75) is 19.4 Å². The molecule has 10 heteroatoms. The Morgan fingerprint density at radius 3 is 2.40 bits per heavy atom. The molecule has 198 valence electrons. The van der Waals surface area contributed by atoms with Gasteiger partial charge in [0.05, 0.1) is 35.5 Å². The van der Waals surface area contributed by atoms with Crippen LogP contribution < -0.4 is 14.2 Å². The summed E-state index contributed by atoms with van der Waals surface area (Å²) in [6.07, 6.45) is 1.61. The fourth-order valence-electron chi connectivity index (χ4n) is 5.04. The first-order valence-electron chi connectivity index (χ1n) is 12.7. The van der Waals surface area contributed by atoms with Crippen LogP contribution in [-0.2, 0) is 6.61 Å². The Labute approximate surface area is 234 Å². The maximum atomic E-state index is 6.48. The quantitative estimate of drug-likeness (QED) is 0.245. The normalized spacial score (nSPS) is 13.9. The van der Waals surface area contributed by atoms with Gasteiger partial charge in [0.25, 0.3) is 0 Å². The van der Waals surface area contributed by atoms with E-state index in [1.807, 2.05) is 78.3 Å². The van der Waals surface area contributed by atoms with Crippen LogP contribution in [0.25, 0.3) is 11.3 Å². The van der Waals surface area contributed by atoms with Gasteiger partial charge in [-0.05, 0) is 61.0 Å². The standard InChI is InChI=1S/C30H23ClN6O3/c1-18-25-26(19-8-12-22(38-2)13-9-19)27-28-33-24(16-39-23-14-10-20(31)11-15-23)35-36(28)17-32-29(27)40-30(25)37(34-18)21-6-4-3-5-7-21/h3-15,17,26H,16H2,1-2H3/t26-/m0/s1. The van der Waals surface area contributed by atoms with E-state index in [1.54, 1.807) is 30.1 Å². The lowest BCUT2D eigenvalue weighted by atomic mass is 9.84. The highest BCUT2D eigenvalue weighted by molar-refractivity contribution is 6.30. The Balaban J connectivity index is 1.36. The Morgan fingerprint density at radius 2 is 1.65 bits per heavy atom. The predicted octanol–water partition coefficient (Wildman–Crippen LogP) is 6.15. The maximum Gasteiger partial charge on any atom is 0.230 e. The van der Waals surface area contributed by atoms with Gasteiger partial charge in [0.15, 0.2) is 11.5 Å². The summed E-state index contributed by atoms with van der Waals surface area (Å²) in [6.45, 7) is 2.17. The molecule has 0 amide bonds. The number of para-hydroxylation sites is 1. The van der Waals surface area contributed by atoms with Crippen molar-refractivity contribution in [3.8, 4) is 28.9 Å². The van der Waals surface area contributed by atoms with Crippen LogP contribution in [0, 0.1) is 6.92 Å². The van der Waals surface area contributed by atoms with E-state index in [1.165, 1.54) is 0 Å². The van der Waals surface area contributed by atoms with E-state index < -0.39 is 0 Å². The van der Waals surface area contributed by atoms with Crippen LogP contribution in [0.4, 0.5) is 0 Å². The number of hydrogen-bond donors (Lipinski definition) is 0. The van der Waals surface area contributed by atoms with Gasteiger partial charge in [0.2, 0.25) is 11.8 Å². The first kappa shape index (κ1) is 24.2. The van der Waals surface area contributed by atoms with Gasteiger partial charge in [-0.3, -0.25) is 0 Å². The van der Waals surface area contributed by atoms with Crippen LogP contribution in [0.5, 0.6) is 23.3 Å². The van der Waals surface area contributed by atoms with Crippen molar-refractivity contribution in [1.29, 1.82) is 0 Å². The smallest absolute Gasteiger partial charge is 0.230 e. The fraction of sp³-hybridized carbons (Fsp3) is 0.133. The van der Waals surface area contributed by atoms with E-state index in [0.717, 1.165) is 33.8 Å². The number of ether oxygens (including phenoxy) is 3. The monoisotopic (exact) mass is 550 g/mol. The molecule has 0 bridgehead atoms. The Morgan fingerprint density at radius 1 is 0.900 bits per heavy atom. The zero-order chi connectivity index (χ0) is 27.2. The second-order valence-corrected chi connectivity index (χ2v) is 9.80. The number of hydrogen-bond acceptors (Lipinski definition) is 7. The number of fused-ring (bicyclic) bond motifs is 4. The molecule has 3 aromatic carbocycles. The Bertz CT molecular complexity index is 1830. The van der Waals surface area contributed by atoms with Crippen LogP contribution >= 0.6 is 11.6 Å². The number of nitrogens with zero attached hydrogens (tertiary/aromatic N) is 6. The van der Waals surface area contributed by atoms with E-state index >= 15 is 0 Å². The number of methoxy groups -OCH3 is 1. The summed E-state index contributed by atoms with van der Waals surface area (Å²) in [7, 11) is 1.65. The van der Waals surface area contributed by atoms with Gasteiger partial charge in [-0.2, -0.15) is 5.10 Å². The number of benzene rings is 3. The number of aryl methyl sites for hydroxylation is 1. The van der Waals surface area contributed by atoms with E-state index in [4.69, 9.17) is 35.9 Å². The molecule has 0 saturated heterocycles. The summed E-state index contributed by atoms with van der Waals surface area (Å²) < 4.78 is 21.3. The molecule has 0 saturated carbocycles. The maximum absolute atomic E-state index is 6.48. The molecular formula is C30H23ClN6O3. The molecule has 1 aliphatic rings. The first-order valence-corrected chi connectivity index (χ1v) is 13.1. The second-order valence-electron chi connectivity index (χ2n) is 9.36. The molecule has 6 aromatic rings. The largest absolute Gasteiger partial charge is 0.497 e. The molecule has 0 aliphatic carbocycles. The molecule has 0 N–H and O–H groups in total. The van der Waals surface area contributed by atoms with Crippen LogP contribution in [0.1, 0.15) is 34.1 Å². The summed E-state index contributed by atoms with van der Waals surface area (Å²) in [5.41, 5.74) is 5.16. The van der Waals surface area contributed by atoms with Gasteiger partial charge in [-0.1, -0.05) is 41.9 Å². The van der Waals surface area contributed by atoms with E-state index in [2.05, 4.69) is 10.1 Å². The summed E-state index contributed by atoms with van der Waals surface area (Å²) in [5.74, 6) is 2.79. The third-order valence-electron chi connectivity index (χ3n) is 6.90. The average Bonchev–Trinajstić information content (AvgIpc) is 3.57. The molecule has 3 aromatic heterocycles. The minimum atomic E-state index is -0.257. The molecule has 1 atom stereocenters. The lowest BCUT2D eigenvalue weighted by Crippen LogP contribution is -2.16. The lowest BCUT2D eigenvalue weighted by molar-refractivity contribution is 0.296. The van der Waals surface area contributed by atoms with Crippen LogP contribution in [0.15, 0.2) is 85.2 Å². The minimum Gasteiger partial charge on any atom is -0.497 e. The summed E-state index contributed by atoms with van der Waals surface area (Å²) >= 11 is 6.00. The SMILES string of the molecule is COc1ccc([C@H]2c3c(C)nn(-c4ccccc4)c3Oc3ncn4nc(COc5ccc(Cl)cc5)nc4c32)cc1. The number of rotatable bonds is 6. The van der Waals surface area contributed by atoms with Crippen molar-refractivity contribution in [3.63, 3.8) is 0 Å². The lowest BCUT2D eigenvalue weighted by Gasteiger charge is -2.26. The van der Waals surface area contributed by atoms with Crippen molar-refractivity contribution in [3.05, 3.63) is 118 Å². The van der Waals surface area contributed by atoms with Gasteiger partial charge >= 0.3 is 0 Å². The average molecular weight is 551 g/mol. The summed E-state index contributed by atoms with van der Waals surface area (Å²) in [6, 6.07) is 25.1. The molecule has 0 radical (unpaired) electrons. The van der Waals surface area contributed by atoms with Crippen molar-refractivity contribution in [2.75, 3.05) is 7.11 Å². The summed E-state index contributed by atoms with van der Waals surface area (Å²) in [5, 5.41) is 10.2. The molecule has 1 aliphatic heterocycles. The van der Waals surface area contributed by atoms with E-state index in [9.17, 15) is 0 Å². The Kier molecular flexibility index (Phi) is 5.86. The number of halogens is 1. The van der Waals surface area contributed by atoms with Gasteiger partial charge < -0.3 is 14.2 Å². The molecule has 7 rings (SSSR count). The third kappa shape index (κ3) is 4.11. The second kappa shape index (κ2) is 9.69. The highest BCUT2D eigenvalue weighted by Crippen LogP contribution is 2.49. The van der Waals surface area contributed by atoms with Gasteiger partial charge in [-0.25, -0.2) is 19.2 Å². The molecule has 9 nitrogen and oxygen atoms in total. The Hall–Kier alpha value is -4.89. The third-order valence-corrected chi connectivity index (χ3v) is 7.15. The van der Waals surface area contributed by atoms with Crippen molar-refractivity contribution in [1.82, 2.24) is 29.4 Å². The van der Waals surface area contributed by atoms with Crippen molar-refractivity contribution >= 4 is 17.2 Å². The topological polar surface area (TPSA) is 88.6 Å². The highest BCUT2D eigenvalue weighted by atomic mass is 35.5. The zero-order valence-corrected chi connectivity index (χ0v) is 22.4. The van der Waals surface area contributed by atoms with Crippen LogP contribution in [0.2, 0.25) is 5.02 Å². The molecule has 4 heterocycles. The molecular weight excluding hydrogens is 528 g/mol. The fourth-order valence-corrected chi connectivity index (χ4v) is 5.16. The van der Waals surface area contributed by atoms with E-state index in [0.29, 0.717) is 34.0 Å². The first-order chi connectivity index (χ1) is 19.6. The molecule has 0 spiro atoms. The van der Waals surface area contributed by atoms with Crippen LogP contribution in [-0.4, -0.2) is 36.5 Å². The zero-order valence-electron chi connectivity index (χ0n) is 21.7. The van der Waals surface area contributed by atoms with Gasteiger partial charge in [0.1, 0.15) is 24.4 Å². The minimum absolute atomic E-state index is 0.183. The summed E-state index contributed by atoms with van der Waals surface area (Å²) in [4.78, 5) is 9.52. The molecule has 40 heavy (non-hydrogen) atoms. The number of aromatic nitrogens is 6. The molecule has 0 fully saturated rings. The van der Waals surface area contributed by atoms with E-state index in [-0.39, 0.29) is 12.5 Å². The van der Waals surface area contributed by atoms with Crippen molar-refractivity contribution in [2.24, 2.45) is 0 Å². The van der Waals surface area contributed by atoms with Crippen LogP contribution in [0.3, 0.4) is 0 Å².